The van der Waals surface area contributed by atoms with Gasteiger partial charge in [-0.05, 0) is 69.2 Å². The third-order valence-corrected chi connectivity index (χ3v) is 6.55. The molecule has 0 aromatic heterocycles. The van der Waals surface area contributed by atoms with E-state index in [1.165, 1.54) is 6.42 Å². The summed E-state index contributed by atoms with van der Waals surface area (Å²) in [5.41, 5.74) is 1.52. The summed E-state index contributed by atoms with van der Waals surface area (Å²) in [5, 5.41) is 0. The maximum absolute atomic E-state index is 12.9. The van der Waals surface area contributed by atoms with Gasteiger partial charge in [0.25, 0.3) is 5.91 Å². The lowest BCUT2D eigenvalue weighted by atomic mass is 9.94. The molecular formula is C23H31N3O3. The van der Waals surface area contributed by atoms with Crippen LogP contribution in [0.5, 0.6) is 0 Å². The summed E-state index contributed by atoms with van der Waals surface area (Å²) in [7, 11) is 0. The fourth-order valence-corrected chi connectivity index (χ4v) is 4.75. The normalized spacial score (nSPS) is 21.4. The predicted octanol–water partition coefficient (Wildman–Crippen LogP) is 3.07. The SMILES string of the molecule is O=C(c1ccc(N2CCCCC2=O)cc1)N1CCC(C(=O)N2CCCCC2)CC1. The van der Waals surface area contributed by atoms with Crippen molar-refractivity contribution >= 4 is 23.4 Å². The van der Waals surface area contributed by atoms with Crippen LogP contribution in [-0.2, 0) is 9.59 Å². The first-order valence-electron chi connectivity index (χ1n) is 11.1. The average molecular weight is 398 g/mol. The van der Waals surface area contributed by atoms with Crippen LogP contribution in [0.25, 0.3) is 0 Å². The Balaban J connectivity index is 1.32. The summed E-state index contributed by atoms with van der Waals surface area (Å²) in [5.74, 6) is 0.526. The molecule has 0 N–H and O–H groups in total. The van der Waals surface area contributed by atoms with Gasteiger partial charge in [0.15, 0.2) is 0 Å². The molecule has 3 aliphatic rings. The lowest BCUT2D eigenvalue weighted by Crippen LogP contribution is -2.45. The molecule has 6 heteroatoms. The molecule has 1 aromatic carbocycles. The van der Waals surface area contributed by atoms with Gasteiger partial charge in [-0.15, -0.1) is 0 Å². The summed E-state index contributed by atoms with van der Waals surface area (Å²) in [6.45, 7) is 3.81. The minimum atomic E-state index is 0.0189. The quantitative estimate of drug-likeness (QED) is 0.788. The average Bonchev–Trinajstić information content (AvgIpc) is 2.79. The first-order chi connectivity index (χ1) is 14.1. The number of carbonyl (C=O) groups is 3. The van der Waals surface area contributed by atoms with Gasteiger partial charge in [0, 0.05) is 56.3 Å². The monoisotopic (exact) mass is 397 g/mol. The Kier molecular flexibility index (Phi) is 6.16. The molecule has 0 atom stereocenters. The Labute approximate surface area is 172 Å². The molecule has 4 rings (SSSR count). The smallest absolute Gasteiger partial charge is 0.253 e. The molecule has 1 aromatic rings. The van der Waals surface area contributed by atoms with E-state index in [1.54, 1.807) is 0 Å². The molecule has 3 fully saturated rings. The number of carbonyl (C=O) groups excluding carboxylic acids is 3. The van der Waals surface area contributed by atoms with E-state index in [9.17, 15) is 14.4 Å². The molecule has 3 saturated heterocycles. The second-order valence-electron chi connectivity index (χ2n) is 8.50. The molecule has 3 amide bonds. The summed E-state index contributed by atoms with van der Waals surface area (Å²) >= 11 is 0. The van der Waals surface area contributed by atoms with Crippen LogP contribution in [0.3, 0.4) is 0 Å². The zero-order valence-electron chi connectivity index (χ0n) is 17.1. The minimum Gasteiger partial charge on any atom is -0.342 e. The summed E-state index contributed by atoms with van der Waals surface area (Å²) < 4.78 is 0. The van der Waals surface area contributed by atoms with Gasteiger partial charge in [0.05, 0.1) is 0 Å². The van der Waals surface area contributed by atoms with Gasteiger partial charge < -0.3 is 14.7 Å². The van der Waals surface area contributed by atoms with Crippen molar-refractivity contribution in [1.82, 2.24) is 9.80 Å². The molecule has 3 heterocycles. The van der Waals surface area contributed by atoms with E-state index in [0.29, 0.717) is 25.1 Å². The van der Waals surface area contributed by atoms with Gasteiger partial charge in [0.2, 0.25) is 11.8 Å². The highest BCUT2D eigenvalue weighted by Crippen LogP contribution is 2.25. The van der Waals surface area contributed by atoms with Crippen molar-refractivity contribution in [2.75, 3.05) is 37.6 Å². The highest BCUT2D eigenvalue weighted by atomic mass is 16.2. The summed E-state index contributed by atoms with van der Waals surface area (Å²) in [6.07, 6.45) is 7.54. The Morgan fingerprint density at radius 3 is 2.07 bits per heavy atom. The van der Waals surface area contributed by atoms with E-state index in [1.807, 2.05) is 39.0 Å². The topological polar surface area (TPSA) is 60.9 Å². The summed E-state index contributed by atoms with van der Waals surface area (Å²) in [4.78, 5) is 43.4. The molecule has 0 saturated carbocycles. The van der Waals surface area contributed by atoms with Crippen LogP contribution in [0, 0.1) is 5.92 Å². The maximum atomic E-state index is 12.9. The highest BCUT2D eigenvalue weighted by Gasteiger charge is 2.31. The van der Waals surface area contributed by atoms with Crippen LogP contribution >= 0.6 is 0 Å². The fraction of sp³-hybridized carbons (Fsp3) is 0.609. The molecule has 3 aliphatic heterocycles. The van der Waals surface area contributed by atoms with Crippen LogP contribution in [0.1, 0.15) is 61.7 Å². The van der Waals surface area contributed by atoms with Crippen molar-refractivity contribution in [1.29, 1.82) is 0 Å². The van der Waals surface area contributed by atoms with Crippen molar-refractivity contribution < 1.29 is 14.4 Å². The van der Waals surface area contributed by atoms with E-state index >= 15 is 0 Å². The predicted molar refractivity (Wildman–Crippen MR) is 112 cm³/mol. The van der Waals surface area contributed by atoms with Crippen molar-refractivity contribution in [2.24, 2.45) is 5.92 Å². The van der Waals surface area contributed by atoms with Gasteiger partial charge in [-0.2, -0.15) is 0 Å². The molecule has 6 nitrogen and oxygen atoms in total. The first-order valence-corrected chi connectivity index (χ1v) is 11.1. The number of benzene rings is 1. The van der Waals surface area contributed by atoms with E-state index in [4.69, 9.17) is 0 Å². The van der Waals surface area contributed by atoms with Gasteiger partial charge in [-0.25, -0.2) is 0 Å². The molecule has 0 radical (unpaired) electrons. The van der Waals surface area contributed by atoms with E-state index in [0.717, 1.165) is 63.8 Å². The zero-order valence-corrected chi connectivity index (χ0v) is 17.1. The number of anilines is 1. The standard InChI is InChI=1S/C23H31N3O3/c27-21-6-2-5-15-26(21)20-9-7-18(8-10-20)22(28)25-16-11-19(12-17-25)23(29)24-13-3-1-4-14-24/h7-10,19H,1-6,11-17H2. The molecule has 0 aliphatic carbocycles. The third kappa shape index (κ3) is 4.46. The Bertz CT molecular complexity index is 747. The van der Waals surface area contributed by atoms with Gasteiger partial charge in [-0.1, -0.05) is 0 Å². The third-order valence-electron chi connectivity index (χ3n) is 6.55. The van der Waals surface area contributed by atoms with Crippen LogP contribution < -0.4 is 4.90 Å². The Morgan fingerprint density at radius 2 is 1.41 bits per heavy atom. The van der Waals surface area contributed by atoms with Crippen molar-refractivity contribution in [2.45, 2.75) is 51.4 Å². The molecule has 29 heavy (non-hydrogen) atoms. The number of hydrogen-bond acceptors (Lipinski definition) is 3. The first kappa shape index (κ1) is 19.9. The summed E-state index contributed by atoms with van der Waals surface area (Å²) in [6, 6.07) is 7.40. The number of piperidine rings is 3. The van der Waals surface area contributed by atoms with Crippen LogP contribution in [0.15, 0.2) is 24.3 Å². The second kappa shape index (κ2) is 8.97. The number of hydrogen-bond donors (Lipinski definition) is 0. The van der Waals surface area contributed by atoms with Crippen molar-refractivity contribution in [3.8, 4) is 0 Å². The van der Waals surface area contributed by atoms with Gasteiger partial charge in [-0.3, -0.25) is 14.4 Å². The minimum absolute atomic E-state index is 0.0189. The van der Waals surface area contributed by atoms with Gasteiger partial charge >= 0.3 is 0 Å². The van der Waals surface area contributed by atoms with Crippen molar-refractivity contribution in [3.05, 3.63) is 29.8 Å². The lowest BCUT2D eigenvalue weighted by molar-refractivity contribution is -0.137. The van der Waals surface area contributed by atoms with Crippen LogP contribution in [0.2, 0.25) is 0 Å². The number of rotatable bonds is 3. The number of nitrogens with zero attached hydrogens (tertiary/aromatic N) is 3. The van der Waals surface area contributed by atoms with E-state index in [2.05, 4.69) is 0 Å². The van der Waals surface area contributed by atoms with E-state index < -0.39 is 0 Å². The second-order valence-corrected chi connectivity index (χ2v) is 8.50. The van der Waals surface area contributed by atoms with E-state index in [-0.39, 0.29) is 23.6 Å². The largest absolute Gasteiger partial charge is 0.342 e. The van der Waals surface area contributed by atoms with Crippen LogP contribution in [0.4, 0.5) is 5.69 Å². The lowest BCUT2D eigenvalue weighted by Gasteiger charge is -2.35. The number of likely N-dealkylation sites (tertiary alicyclic amines) is 2. The maximum Gasteiger partial charge on any atom is 0.253 e. The highest BCUT2D eigenvalue weighted by molar-refractivity contribution is 5.97. The molecule has 0 spiro atoms. The van der Waals surface area contributed by atoms with Crippen LogP contribution in [-0.4, -0.2) is 60.2 Å². The molecule has 156 valence electrons. The molecule has 0 unspecified atom stereocenters. The van der Waals surface area contributed by atoms with Crippen molar-refractivity contribution in [3.63, 3.8) is 0 Å². The molecule has 0 bridgehead atoms. The van der Waals surface area contributed by atoms with Gasteiger partial charge in [0.1, 0.15) is 0 Å². The fourth-order valence-electron chi connectivity index (χ4n) is 4.75. The Morgan fingerprint density at radius 1 is 0.759 bits per heavy atom. The number of amides is 3. The zero-order chi connectivity index (χ0) is 20.2. The molecular weight excluding hydrogens is 366 g/mol. The Hall–Kier alpha value is -2.37.